The Hall–Kier alpha value is -5.01. The van der Waals surface area contributed by atoms with Gasteiger partial charge in [-0.25, -0.2) is 28.9 Å². The van der Waals surface area contributed by atoms with Crippen LogP contribution in [0.2, 0.25) is 0 Å². The van der Waals surface area contributed by atoms with Crippen LogP contribution in [0.4, 0.5) is 25.7 Å². The Balaban J connectivity index is 1.05. The van der Waals surface area contributed by atoms with E-state index in [-0.39, 0.29) is 41.5 Å². The number of carbonyl (C=O) groups is 3. The zero-order valence-corrected chi connectivity index (χ0v) is 30.0. The predicted molar refractivity (Wildman–Crippen MR) is 188 cm³/mol. The maximum absolute atomic E-state index is 14.8. The van der Waals surface area contributed by atoms with E-state index < -0.39 is 23.1 Å². The Kier molecular flexibility index (Phi) is 9.80. The molecular weight excluding hydrogens is 657 g/mol. The summed E-state index contributed by atoms with van der Waals surface area (Å²) in [6.07, 6.45) is 6.20. The van der Waals surface area contributed by atoms with E-state index in [2.05, 4.69) is 30.9 Å². The van der Waals surface area contributed by atoms with Crippen LogP contribution < -0.4 is 20.7 Å². The summed E-state index contributed by atoms with van der Waals surface area (Å²) in [5.41, 5.74) is 1.71. The van der Waals surface area contributed by atoms with Crippen molar-refractivity contribution in [3.8, 4) is 17.0 Å². The smallest absolute Gasteiger partial charge is 0.414 e. The Morgan fingerprint density at radius 2 is 1.75 bits per heavy atom. The highest BCUT2D eigenvalue weighted by Gasteiger charge is 2.48. The second-order valence-electron chi connectivity index (χ2n) is 15.6. The maximum Gasteiger partial charge on any atom is 0.414 e. The van der Waals surface area contributed by atoms with E-state index in [1.807, 2.05) is 20.8 Å². The van der Waals surface area contributed by atoms with Gasteiger partial charge >= 0.3 is 12.2 Å². The highest BCUT2D eigenvalue weighted by molar-refractivity contribution is 5.94. The minimum Gasteiger partial charge on any atom is -0.492 e. The molecule has 3 aliphatic rings. The number of hydrogen-bond donors (Lipinski definition) is 3. The van der Waals surface area contributed by atoms with Gasteiger partial charge in [0.25, 0.3) is 5.91 Å². The van der Waals surface area contributed by atoms with Gasteiger partial charge in [0, 0.05) is 61.0 Å². The van der Waals surface area contributed by atoms with Crippen molar-refractivity contribution in [1.82, 2.24) is 25.2 Å². The van der Waals surface area contributed by atoms with Crippen LogP contribution >= 0.6 is 0 Å². The second-order valence-corrected chi connectivity index (χ2v) is 15.6. The molecule has 14 heteroatoms. The molecule has 2 fully saturated rings. The van der Waals surface area contributed by atoms with Crippen LogP contribution in [-0.4, -0.2) is 74.9 Å². The van der Waals surface area contributed by atoms with Crippen molar-refractivity contribution in [3.63, 3.8) is 0 Å². The zero-order valence-electron chi connectivity index (χ0n) is 30.0. The summed E-state index contributed by atoms with van der Waals surface area (Å²) in [5, 5.41) is 8.93. The molecule has 2 aliphatic heterocycles. The number of hydrogen-bond acceptors (Lipinski definition) is 10. The number of benzene rings is 1. The number of nitrogens with zero attached hydrogens (tertiary/aromatic N) is 4. The Bertz CT molecular complexity index is 1810. The molecule has 0 bridgehead atoms. The van der Waals surface area contributed by atoms with Crippen LogP contribution in [-0.2, 0) is 22.4 Å². The zero-order chi connectivity index (χ0) is 36.6. The molecular formula is C37H46FN7O6. The molecule has 1 aromatic carbocycles. The molecule has 272 valence electrons. The largest absolute Gasteiger partial charge is 0.492 e. The van der Waals surface area contributed by atoms with Crippen molar-refractivity contribution < 1.29 is 33.0 Å². The van der Waals surface area contributed by atoms with Crippen LogP contribution in [0.1, 0.15) is 88.7 Å². The Morgan fingerprint density at radius 1 is 1.02 bits per heavy atom. The lowest BCUT2D eigenvalue weighted by atomic mass is 9.67. The highest BCUT2D eigenvalue weighted by atomic mass is 19.1. The molecule has 1 saturated carbocycles. The number of rotatable bonds is 7. The molecule has 51 heavy (non-hydrogen) atoms. The fraction of sp³-hybridized carbons (Fsp3) is 0.514. The quantitative estimate of drug-likeness (QED) is 0.249. The van der Waals surface area contributed by atoms with Crippen molar-refractivity contribution in [3.05, 3.63) is 59.2 Å². The number of halogens is 1. The van der Waals surface area contributed by atoms with Gasteiger partial charge in [0.05, 0.1) is 17.9 Å². The van der Waals surface area contributed by atoms with Gasteiger partial charge in [0.2, 0.25) is 5.95 Å². The first kappa shape index (κ1) is 35.8. The van der Waals surface area contributed by atoms with Crippen molar-refractivity contribution in [2.75, 3.05) is 30.3 Å². The van der Waals surface area contributed by atoms with Gasteiger partial charge in [-0.15, -0.1) is 0 Å². The lowest BCUT2D eigenvalue weighted by Gasteiger charge is -2.53. The number of nitrogens with one attached hydrogen (secondary N) is 3. The average molecular weight is 704 g/mol. The van der Waals surface area contributed by atoms with Crippen molar-refractivity contribution in [2.24, 2.45) is 5.41 Å². The number of carbonyl (C=O) groups excluding carboxylic acids is 3. The fourth-order valence-electron chi connectivity index (χ4n) is 6.73. The summed E-state index contributed by atoms with van der Waals surface area (Å²) in [6, 6.07) is 6.01. The van der Waals surface area contributed by atoms with Gasteiger partial charge in [-0.2, -0.15) is 0 Å². The molecule has 4 heterocycles. The number of anilines is 2. The van der Waals surface area contributed by atoms with Gasteiger partial charge in [-0.3, -0.25) is 10.1 Å². The molecule has 13 nitrogen and oxygen atoms in total. The van der Waals surface area contributed by atoms with Gasteiger partial charge in [0.15, 0.2) is 0 Å². The summed E-state index contributed by atoms with van der Waals surface area (Å²) < 4.78 is 31.5. The Morgan fingerprint density at radius 3 is 2.45 bits per heavy atom. The van der Waals surface area contributed by atoms with Crippen molar-refractivity contribution >= 4 is 29.9 Å². The minimum atomic E-state index is -0.672. The van der Waals surface area contributed by atoms with Crippen molar-refractivity contribution in [2.45, 2.75) is 97.4 Å². The van der Waals surface area contributed by atoms with Gasteiger partial charge < -0.3 is 29.7 Å². The lowest BCUT2D eigenvalue weighted by molar-refractivity contribution is -0.0512. The molecule has 3 N–H and O–H groups in total. The van der Waals surface area contributed by atoms with E-state index in [0.29, 0.717) is 54.5 Å². The number of ether oxygens (including phenoxy) is 3. The molecule has 3 aromatic rings. The van der Waals surface area contributed by atoms with E-state index in [9.17, 15) is 18.8 Å². The topological polar surface area (TPSA) is 157 Å². The monoisotopic (exact) mass is 703 g/mol. The third-order valence-electron chi connectivity index (χ3n) is 9.04. The normalized spacial score (nSPS) is 16.8. The number of likely N-dealkylation sites (tertiary alicyclic amines) is 1. The first-order valence-corrected chi connectivity index (χ1v) is 17.4. The first-order chi connectivity index (χ1) is 24.0. The average Bonchev–Trinajstić information content (AvgIpc) is 3.51. The standard InChI is InChI=1S/C37H46FN7O6/c1-35(2,3)50-33(47)44-32-39-13-9-28(43-32)27-19-41-30(26-10-14-49-29(26)27)40-18-22-15-23(17-24(38)16-22)31(46)42-25-7-11-37(12-8-25)20-45(21-37)34(48)51-36(4,5)6/h9,13,15-17,19,25H,7-8,10-12,14,18,20-21H2,1-6H3,(H,40,41)(H,42,46)(H,39,43,44,47). The third kappa shape index (κ3) is 8.84. The minimum absolute atomic E-state index is 0.0205. The van der Waals surface area contributed by atoms with Crippen LogP contribution in [0.15, 0.2) is 36.7 Å². The molecule has 1 spiro atoms. The SMILES string of the molecule is CC(C)(C)OC(=O)Nc1nccc(-c2cnc(NCc3cc(F)cc(C(=O)NC4CCC5(CC4)CN(C(=O)OC(C)(C)C)C5)c3)c3c2OCC3)n1. The molecule has 1 aliphatic carbocycles. The molecule has 2 aromatic heterocycles. The highest BCUT2D eigenvalue weighted by Crippen LogP contribution is 2.44. The third-order valence-corrected chi connectivity index (χ3v) is 9.04. The summed E-state index contributed by atoms with van der Waals surface area (Å²) >= 11 is 0. The van der Waals surface area contributed by atoms with Crippen LogP contribution in [0.3, 0.4) is 0 Å². The fourth-order valence-corrected chi connectivity index (χ4v) is 6.73. The first-order valence-electron chi connectivity index (χ1n) is 17.4. The molecule has 0 unspecified atom stereocenters. The van der Waals surface area contributed by atoms with Crippen LogP contribution in [0.25, 0.3) is 11.3 Å². The van der Waals surface area contributed by atoms with Gasteiger partial charge in [-0.1, -0.05) is 0 Å². The van der Waals surface area contributed by atoms with Gasteiger partial charge in [-0.05, 0) is 97.1 Å². The van der Waals surface area contributed by atoms with E-state index in [1.54, 1.807) is 44.0 Å². The Labute approximate surface area is 297 Å². The lowest BCUT2D eigenvalue weighted by Crippen LogP contribution is -2.61. The molecule has 3 amide bonds. The number of aromatic nitrogens is 3. The second kappa shape index (κ2) is 14.0. The van der Waals surface area contributed by atoms with E-state index in [4.69, 9.17) is 14.2 Å². The van der Waals surface area contributed by atoms with Gasteiger partial charge in [0.1, 0.15) is 28.6 Å². The molecule has 6 rings (SSSR count). The summed E-state index contributed by atoms with van der Waals surface area (Å²) in [6.45, 7) is 12.9. The molecule has 0 radical (unpaired) electrons. The predicted octanol–water partition coefficient (Wildman–Crippen LogP) is 6.48. The van der Waals surface area contributed by atoms with Crippen LogP contribution in [0.5, 0.6) is 5.75 Å². The van der Waals surface area contributed by atoms with Crippen molar-refractivity contribution in [1.29, 1.82) is 0 Å². The molecule has 0 atom stereocenters. The van der Waals surface area contributed by atoms with E-state index in [0.717, 1.165) is 31.2 Å². The summed E-state index contributed by atoms with van der Waals surface area (Å²) in [5.74, 6) is 0.458. The van der Waals surface area contributed by atoms with E-state index >= 15 is 0 Å². The number of pyridine rings is 1. The van der Waals surface area contributed by atoms with Crippen LogP contribution in [0, 0.1) is 11.2 Å². The summed E-state index contributed by atoms with van der Waals surface area (Å²) in [7, 11) is 0. The van der Waals surface area contributed by atoms with E-state index in [1.165, 1.54) is 18.3 Å². The maximum atomic E-state index is 14.8. The summed E-state index contributed by atoms with van der Waals surface area (Å²) in [4.78, 5) is 52.8. The number of amides is 3. The molecule has 1 saturated heterocycles. The number of fused-ring (bicyclic) bond motifs is 1.